The van der Waals surface area contributed by atoms with Gasteiger partial charge < -0.3 is 19.5 Å². The Morgan fingerprint density at radius 2 is 1.68 bits per heavy atom. The number of Topliss-reactive ketones (excluding diaryl/α,β-unsaturated/α-hetero) is 1. The molecule has 0 spiro atoms. The van der Waals surface area contributed by atoms with Crippen molar-refractivity contribution in [2.45, 2.75) is 77.2 Å². The zero-order valence-electron chi connectivity index (χ0n) is 27.0. The van der Waals surface area contributed by atoms with E-state index >= 15 is 0 Å². The highest BCUT2D eigenvalue weighted by Gasteiger charge is 2.40. The molecule has 2 atom stereocenters. The summed E-state index contributed by atoms with van der Waals surface area (Å²) in [5, 5.41) is 13.2. The third kappa shape index (κ3) is 5.15. The van der Waals surface area contributed by atoms with Gasteiger partial charge in [-0.3, -0.25) is 19.7 Å². The van der Waals surface area contributed by atoms with Crippen LogP contribution in [0.15, 0.2) is 66.7 Å². The van der Waals surface area contributed by atoms with Gasteiger partial charge in [0.1, 0.15) is 5.75 Å². The quantitative estimate of drug-likeness (QED) is 0.266. The van der Waals surface area contributed by atoms with Crippen LogP contribution in [0.2, 0.25) is 0 Å². The molecule has 4 aliphatic rings. The summed E-state index contributed by atoms with van der Waals surface area (Å²) in [6.45, 7) is 3.97. The molecule has 0 bridgehead atoms. The average Bonchev–Trinajstić information content (AvgIpc) is 3.76. The van der Waals surface area contributed by atoms with Crippen LogP contribution >= 0.6 is 0 Å². The molecule has 2 amide bonds. The smallest absolute Gasteiger partial charge is 0.259 e. The Morgan fingerprint density at radius 1 is 0.915 bits per heavy atom. The molecule has 1 aromatic heterocycles. The zero-order valence-corrected chi connectivity index (χ0v) is 27.0. The normalized spacial score (nSPS) is 19.9. The number of hydrogen-bond donors (Lipinski definition) is 2. The van der Waals surface area contributed by atoms with Gasteiger partial charge in [-0.25, -0.2) is 0 Å². The van der Waals surface area contributed by atoms with E-state index in [2.05, 4.69) is 41.1 Å². The first kappa shape index (κ1) is 29.7. The van der Waals surface area contributed by atoms with Crippen LogP contribution in [0, 0.1) is 5.92 Å². The average molecular weight is 629 g/mol. The van der Waals surface area contributed by atoms with Gasteiger partial charge in [-0.05, 0) is 110 Å². The molecule has 240 valence electrons. The lowest BCUT2D eigenvalue weighted by molar-refractivity contribution is -0.122. The third-order valence-electron chi connectivity index (χ3n) is 10.7. The van der Waals surface area contributed by atoms with Crippen LogP contribution in [-0.2, 0) is 37.3 Å². The second kappa shape index (κ2) is 11.5. The van der Waals surface area contributed by atoms with Crippen molar-refractivity contribution in [3.05, 3.63) is 106 Å². The summed E-state index contributed by atoms with van der Waals surface area (Å²) >= 11 is 0. The van der Waals surface area contributed by atoms with E-state index in [0.29, 0.717) is 29.9 Å². The number of aromatic hydroxyl groups is 1. The van der Waals surface area contributed by atoms with E-state index in [1.54, 1.807) is 36.2 Å². The van der Waals surface area contributed by atoms with E-state index in [0.717, 1.165) is 78.7 Å². The molecule has 2 N–H and O–H groups in total. The Balaban J connectivity index is 1.25. The van der Waals surface area contributed by atoms with Crippen molar-refractivity contribution < 1.29 is 19.5 Å². The SMILES string of the molecule is C[C@@H]1Cc2ccccc2CN1C(=O)c1cc2c(cc1-c1cc(C(=O)N(C)c3ccc(O)cc3)c3n1CCCC3)CNC2C(=O)C1CC1. The van der Waals surface area contributed by atoms with Crippen LogP contribution < -0.4 is 10.2 Å². The number of carbonyl (C=O) groups excluding carboxylic acids is 3. The maximum absolute atomic E-state index is 14.8. The number of aromatic nitrogens is 1. The molecule has 8 nitrogen and oxygen atoms in total. The van der Waals surface area contributed by atoms with Gasteiger partial charge in [0.05, 0.1) is 11.6 Å². The standard InChI is InChI=1S/C39H40N4O4/c1-23-17-25-7-3-4-8-26(25)22-43(23)39(47)32-19-30-27(21-40-36(30)37(45)24-10-11-24)18-31(32)35-20-33(34-9-5-6-16-42(34)35)38(46)41(2)28-12-14-29(44)15-13-28/h3-4,7-8,12-15,18-20,23-24,36,40,44H,5-6,9-11,16-17,21-22H2,1-2H3/t23-,36?/m1/s1. The monoisotopic (exact) mass is 628 g/mol. The zero-order chi connectivity index (χ0) is 32.4. The minimum absolute atomic E-state index is 0.0119. The van der Waals surface area contributed by atoms with Gasteiger partial charge in [0.25, 0.3) is 11.8 Å². The summed E-state index contributed by atoms with van der Waals surface area (Å²) < 4.78 is 2.24. The van der Waals surface area contributed by atoms with Gasteiger partial charge in [0.2, 0.25) is 0 Å². The molecule has 4 aromatic rings. The molecule has 3 aliphatic heterocycles. The third-order valence-corrected chi connectivity index (χ3v) is 10.7. The molecular formula is C39H40N4O4. The highest BCUT2D eigenvalue weighted by molar-refractivity contribution is 6.08. The minimum atomic E-state index is -0.394. The van der Waals surface area contributed by atoms with E-state index in [9.17, 15) is 19.5 Å². The van der Waals surface area contributed by atoms with Crippen molar-refractivity contribution in [2.75, 3.05) is 11.9 Å². The fourth-order valence-electron chi connectivity index (χ4n) is 7.82. The number of anilines is 1. The molecule has 3 aromatic carbocycles. The number of hydrogen-bond acceptors (Lipinski definition) is 5. The summed E-state index contributed by atoms with van der Waals surface area (Å²) in [6.07, 6.45) is 5.42. The number of fused-ring (bicyclic) bond motifs is 3. The molecule has 1 saturated carbocycles. The Morgan fingerprint density at radius 3 is 2.45 bits per heavy atom. The Kier molecular flexibility index (Phi) is 7.28. The van der Waals surface area contributed by atoms with Crippen LogP contribution in [0.25, 0.3) is 11.3 Å². The van der Waals surface area contributed by atoms with Crippen LogP contribution in [0.4, 0.5) is 5.69 Å². The fourth-order valence-corrected chi connectivity index (χ4v) is 7.82. The van der Waals surface area contributed by atoms with Crippen molar-refractivity contribution in [2.24, 2.45) is 5.92 Å². The second-order valence-electron chi connectivity index (χ2n) is 13.7. The first-order chi connectivity index (χ1) is 22.8. The molecule has 4 heterocycles. The molecule has 1 fully saturated rings. The number of nitrogens with one attached hydrogen (secondary N) is 1. The highest BCUT2D eigenvalue weighted by atomic mass is 16.3. The first-order valence-electron chi connectivity index (χ1n) is 16.9. The summed E-state index contributed by atoms with van der Waals surface area (Å²) in [4.78, 5) is 45.8. The first-order valence-corrected chi connectivity index (χ1v) is 16.9. The number of carbonyl (C=O) groups is 3. The van der Waals surface area contributed by atoms with E-state index in [-0.39, 0.29) is 35.3 Å². The van der Waals surface area contributed by atoms with Crippen molar-refractivity contribution in [3.8, 4) is 17.0 Å². The largest absolute Gasteiger partial charge is 0.508 e. The van der Waals surface area contributed by atoms with Gasteiger partial charge in [0.15, 0.2) is 5.78 Å². The van der Waals surface area contributed by atoms with Gasteiger partial charge in [0, 0.05) is 66.8 Å². The highest BCUT2D eigenvalue weighted by Crippen LogP contribution is 2.42. The Hall–Kier alpha value is -4.69. The minimum Gasteiger partial charge on any atom is -0.508 e. The van der Waals surface area contributed by atoms with Crippen molar-refractivity contribution in [1.82, 2.24) is 14.8 Å². The number of benzene rings is 3. The summed E-state index contributed by atoms with van der Waals surface area (Å²) in [6, 6.07) is 20.6. The lowest BCUT2D eigenvalue weighted by Crippen LogP contribution is -2.42. The molecule has 47 heavy (non-hydrogen) atoms. The summed E-state index contributed by atoms with van der Waals surface area (Å²) in [7, 11) is 1.75. The molecule has 1 unspecified atom stereocenters. The van der Waals surface area contributed by atoms with E-state index in [1.165, 1.54) is 5.56 Å². The van der Waals surface area contributed by atoms with Crippen LogP contribution in [0.5, 0.6) is 5.75 Å². The Labute approximate surface area is 275 Å². The van der Waals surface area contributed by atoms with Crippen molar-refractivity contribution in [3.63, 3.8) is 0 Å². The van der Waals surface area contributed by atoms with E-state index in [1.807, 2.05) is 23.1 Å². The predicted octanol–water partition coefficient (Wildman–Crippen LogP) is 6.18. The fraction of sp³-hybridized carbons (Fsp3) is 0.359. The number of phenolic OH excluding ortho intramolecular Hbond substituents is 1. The lowest BCUT2D eigenvalue weighted by Gasteiger charge is -2.35. The lowest BCUT2D eigenvalue weighted by atomic mass is 9.90. The summed E-state index contributed by atoms with van der Waals surface area (Å²) in [5.41, 5.74) is 8.97. The number of nitrogens with zero attached hydrogens (tertiary/aromatic N) is 3. The van der Waals surface area contributed by atoms with E-state index < -0.39 is 6.04 Å². The van der Waals surface area contributed by atoms with E-state index in [4.69, 9.17) is 0 Å². The van der Waals surface area contributed by atoms with Gasteiger partial charge in [-0.1, -0.05) is 24.3 Å². The van der Waals surface area contributed by atoms with Gasteiger partial charge >= 0.3 is 0 Å². The molecule has 8 heteroatoms. The summed E-state index contributed by atoms with van der Waals surface area (Å²) in [5.74, 6) is 0.302. The maximum Gasteiger partial charge on any atom is 0.259 e. The number of phenols is 1. The second-order valence-corrected chi connectivity index (χ2v) is 13.7. The Bertz CT molecular complexity index is 1920. The molecule has 0 radical (unpaired) electrons. The maximum atomic E-state index is 14.8. The van der Waals surface area contributed by atoms with Crippen LogP contribution in [0.1, 0.15) is 87.3 Å². The molecule has 1 aliphatic carbocycles. The predicted molar refractivity (Wildman–Crippen MR) is 180 cm³/mol. The van der Waals surface area contributed by atoms with Crippen molar-refractivity contribution >= 4 is 23.3 Å². The topological polar surface area (TPSA) is 94.9 Å². The number of ketones is 1. The van der Waals surface area contributed by atoms with Crippen LogP contribution in [0.3, 0.4) is 0 Å². The van der Waals surface area contributed by atoms with Crippen LogP contribution in [-0.4, -0.2) is 45.3 Å². The van der Waals surface area contributed by atoms with Gasteiger partial charge in [-0.2, -0.15) is 0 Å². The van der Waals surface area contributed by atoms with Gasteiger partial charge in [-0.15, -0.1) is 0 Å². The number of amides is 2. The molecule has 0 saturated heterocycles. The molecular weight excluding hydrogens is 588 g/mol. The number of rotatable bonds is 6. The molecule has 8 rings (SSSR count). The van der Waals surface area contributed by atoms with Crippen molar-refractivity contribution in [1.29, 1.82) is 0 Å².